The van der Waals surface area contributed by atoms with Gasteiger partial charge in [-0.2, -0.15) is 0 Å². The fourth-order valence-electron chi connectivity index (χ4n) is 2.27. The van der Waals surface area contributed by atoms with Gasteiger partial charge in [0, 0.05) is 0 Å². The molecule has 0 saturated heterocycles. The minimum atomic E-state index is -1.02. The minimum Gasteiger partial charge on any atom is -0.480 e. The van der Waals surface area contributed by atoms with Crippen molar-refractivity contribution in [3.63, 3.8) is 0 Å². The van der Waals surface area contributed by atoms with Gasteiger partial charge in [0.1, 0.15) is 5.54 Å². The fraction of sp³-hybridized carbons (Fsp3) is 0.562. The molecule has 0 aromatic heterocycles. The largest absolute Gasteiger partial charge is 0.480 e. The highest BCUT2D eigenvalue weighted by Crippen LogP contribution is 2.21. The number of carboxylic acid groups (broad SMARTS) is 1. The Hall–Kier alpha value is -1.39. The molecule has 3 N–H and O–H groups in total. The lowest BCUT2D eigenvalue weighted by Crippen LogP contribution is -2.51. The van der Waals surface area contributed by atoms with Crippen LogP contribution in [0.15, 0.2) is 30.3 Å². The number of hydrogen-bond acceptors (Lipinski definition) is 3. The second-order valence-corrected chi connectivity index (χ2v) is 5.38. The number of carboxylic acids is 1. The lowest BCUT2D eigenvalue weighted by molar-refractivity contribution is -0.145. The van der Waals surface area contributed by atoms with Crippen molar-refractivity contribution in [2.75, 3.05) is 6.61 Å². The molecule has 0 fully saturated rings. The summed E-state index contributed by atoms with van der Waals surface area (Å²) >= 11 is 0. The highest BCUT2D eigenvalue weighted by Gasteiger charge is 2.34. The average molecular weight is 279 g/mol. The standard InChI is InChI=1S/C16H25NO3/c1-3-4-8-11-16(2,15(19)20)17-14(12-18)13-9-6-5-7-10-13/h5-7,9-10,14,17-18H,3-4,8,11-12H2,1-2H3,(H,19,20)/t14-,16+/m0/s1. The number of aliphatic carboxylic acids is 1. The molecule has 1 aromatic carbocycles. The van der Waals surface area contributed by atoms with E-state index < -0.39 is 11.5 Å². The van der Waals surface area contributed by atoms with Crippen LogP contribution in [0.5, 0.6) is 0 Å². The van der Waals surface area contributed by atoms with Gasteiger partial charge in [-0.15, -0.1) is 0 Å². The molecule has 0 radical (unpaired) electrons. The van der Waals surface area contributed by atoms with Gasteiger partial charge in [0.15, 0.2) is 0 Å². The normalized spacial score (nSPS) is 15.6. The third-order valence-corrected chi connectivity index (χ3v) is 3.63. The molecular weight excluding hydrogens is 254 g/mol. The van der Waals surface area contributed by atoms with E-state index in [9.17, 15) is 15.0 Å². The van der Waals surface area contributed by atoms with Crippen LogP contribution in [0.25, 0.3) is 0 Å². The molecule has 0 spiro atoms. The first-order valence-corrected chi connectivity index (χ1v) is 7.20. The summed E-state index contributed by atoms with van der Waals surface area (Å²) in [7, 11) is 0. The molecule has 0 amide bonds. The van der Waals surface area contributed by atoms with Gasteiger partial charge in [0.05, 0.1) is 12.6 Å². The molecule has 0 aliphatic carbocycles. The van der Waals surface area contributed by atoms with Gasteiger partial charge in [-0.25, -0.2) is 0 Å². The van der Waals surface area contributed by atoms with E-state index in [4.69, 9.17) is 0 Å². The Morgan fingerprint density at radius 1 is 1.30 bits per heavy atom. The van der Waals surface area contributed by atoms with Crippen molar-refractivity contribution in [3.05, 3.63) is 35.9 Å². The Balaban J connectivity index is 2.79. The Morgan fingerprint density at radius 3 is 2.45 bits per heavy atom. The van der Waals surface area contributed by atoms with Crippen LogP contribution in [0.2, 0.25) is 0 Å². The number of hydrogen-bond donors (Lipinski definition) is 3. The maximum Gasteiger partial charge on any atom is 0.323 e. The van der Waals surface area contributed by atoms with Crippen molar-refractivity contribution in [1.29, 1.82) is 0 Å². The first-order chi connectivity index (χ1) is 9.53. The van der Waals surface area contributed by atoms with E-state index in [2.05, 4.69) is 12.2 Å². The van der Waals surface area contributed by atoms with Gasteiger partial charge in [-0.05, 0) is 18.9 Å². The van der Waals surface area contributed by atoms with Crippen LogP contribution in [-0.2, 0) is 4.79 Å². The molecule has 0 saturated carbocycles. The SMILES string of the molecule is CCCCC[C@@](C)(N[C@@H](CO)c1ccccc1)C(=O)O. The summed E-state index contributed by atoms with van der Waals surface area (Å²) in [6, 6.07) is 9.09. The first kappa shape index (κ1) is 16.7. The summed E-state index contributed by atoms with van der Waals surface area (Å²) in [6.45, 7) is 3.66. The average Bonchev–Trinajstić information content (AvgIpc) is 2.46. The predicted octanol–water partition coefficient (Wildman–Crippen LogP) is 2.73. The lowest BCUT2D eigenvalue weighted by atomic mass is 9.92. The highest BCUT2D eigenvalue weighted by molar-refractivity contribution is 5.78. The molecule has 4 nitrogen and oxygen atoms in total. The third-order valence-electron chi connectivity index (χ3n) is 3.63. The van der Waals surface area contributed by atoms with Crippen LogP contribution in [-0.4, -0.2) is 28.3 Å². The van der Waals surface area contributed by atoms with Gasteiger partial charge in [-0.3, -0.25) is 10.1 Å². The maximum absolute atomic E-state index is 11.6. The van der Waals surface area contributed by atoms with E-state index in [-0.39, 0.29) is 12.6 Å². The maximum atomic E-state index is 11.6. The van der Waals surface area contributed by atoms with Gasteiger partial charge in [0.25, 0.3) is 0 Å². The minimum absolute atomic E-state index is 0.124. The smallest absolute Gasteiger partial charge is 0.323 e. The molecule has 2 atom stereocenters. The van der Waals surface area contributed by atoms with E-state index in [1.165, 1.54) is 0 Å². The summed E-state index contributed by atoms with van der Waals surface area (Å²) in [4.78, 5) is 11.6. The number of nitrogens with one attached hydrogen (secondary N) is 1. The number of carbonyl (C=O) groups is 1. The fourth-order valence-corrected chi connectivity index (χ4v) is 2.27. The van der Waals surface area contributed by atoms with Crippen molar-refractivity contribution < 1.29 is 15.0 Å². The number of unbranched alkanes of at least 4 members (excludes halogenated alkanes) is 2. The molecular formula is C16H25NO3. The van der Waals surface area contributed by atoms with Crippen molar-refractivity contribution in [2.45, 2.75) is 51.1 Å². The van der Waals surface area contributed by atoms with E-state index in [1.807, 2.05) is 30.3 Å². The number of benzene rings is 1. The van der Waals surface area contributed by atoms with E-state index in [1.54, 1.807) is 6.92 Å². The zero-order valence-corrected chi connectivity index (χ0v) is 12.3. The molecule has 112 valence electrons. The molecule has 20 heavy (non-hydrogen) atoms. The topological polar surface area (TPSA) is 69.6 Å². The van der Waals surface area contributed by atoms with Crippen LogP contribution >= 0.6 is 0 Å². The number of aliphatic hydroxyl groups is 1. The van der Waals surface area contributed by atoms with Crippen LogP contribution in [0, 0.1) is 0 Å². The van der Waals surface area contributed by atoms with E-state index >= 15 is 0 Å². The quantitative estimate of drug-likeness (QED) is 0.608. The molecule has 4 heteroatoms. The van der Waals surface area contributed by atoms with Crippen LogP contribution in [0.3, 0.4) is 0 Å². The van der Waals surface area contributed by atoms with Crippen molar-refractivity contribution >= 4 is 5.97 Å². The Labute approximate surface area is 120 Å². The highest BCUT2D eigenvalue weighted by atomic mass is 16.4. The van der Waals surface area contributed by atoms with E-state index in [0.717, 1.165) is 24.8 Å². The second kappa shape index (κ2) is 8.02. The van der Waals surface area contributed by atoms with Gasteiger partial charge >= 0.3 is 5.97 Å². The molecule has 0 aliphatic heterocycles. The van der Waals surface area contributed by atoms with Crippen LogP contribution in [0.1, 0.15) is 51.1 Å². The Morgan fingerprint density at radius 2 is 1.95 bits per heavy atom. The molecule has 0 bridgehead atoms. The van der Waals surface area contributed by atoms with Crippen LogP contribution < -0.4 is 5.32 Å². The van der Waals surface area contributed by atoms with Crippen molar-refractivity contribution in [2.24, 2.45) is 0 Å². The van der Waals surface area contributed by atoms with E-state index in [0.29, 0.717) is 6.42 Å². The molecule has 0 unspecified atom stereocenters. The van der Waals surface area contributed by atoms with Crippen molar-refractivity contribution in [1.82, 2.24) is 5.32 Å². The summed E-state index contributed by atoms with van der Waals surface area (Å²) < 4.78 is 0. The number of aliphatic hydroxyl groups excluding tert-OH is 1. The summed E-state index contributed by atoms with van der Waals surface area (Å²) in [5.74, 6) is -0.872. The molecule has 0 aliphatic rings. The van der Waals surface area contributed by atoms with Gasteiger partial charge in [0.2, 0.25) is 0 Å². The van der Waals surface area contributed by atoms with Gasteiger partial charge < -0.3 is 10.2 Å². The van der Waals surface area contributed by atoms with Crippen molar-refractivity contribution in [3.8, 4) is 0 Å². The first-order valence-electron chi connectivity index (χ1n) is 7.20. The lowest BCUT2D eigenvalue weighted by Gasteiger charge is -2.31. The zero-order valence-electron chi connectivity index (χ0n) is 12.3. The molecule has 1 rings (SSSR count). The summed E-state index contributed by atoms with van der Waals surface area (Å²) in [5, 5.41) is 22.1. The summed E-state index contributed by atoms with van der Waals surface area (Å²) in [6.07, 6.45) is 3.48. The summed E-state index contributed by atoms with van der Waals surface area (Å²) in [5.41, 5.74) is -0.115. The molecule has 0 heterocycles. The van der Waals surface area contributed by atoms with Crippen LogP contribution in [0.4, 0.5) is 0 Å². The monoisotopic (exact) mass is 279 g/mol. The Kier molecular flexibility index (Phi) is 6.68. The third kappa shape index (κ3) is 4.62. The van der Waals surface area contributed by atoms with Gasteiger partial charge in [-0.1, -0.05) is 56.5 Å². The second-order valence-electron chi connectivity index (χ2n) is 5.38. The predicted molar refractivity (Wildman–Crippen MR) is 79.6 cm³/mol. The zero-order chi connectivity index (χ0) is 15.0. The number of rotatable bonds is 9. The Bertz CT molecular complexity index is 407. The molecule has 1 aromatic rings.